The largest absolute Gasteiger partial charge is 0.346 e. The number of hydrogen-bond acceptors (Lipinski definition) is 5. The van der Waals surface area contributed by atoms with Crippen molar-refractivity contribution in [3.05, 3.63) is 35.5 Å². The van der Waals surface area contributed by atoms with Crippen molar-refractivity contribution >= 4 is 5.82 Å². The van der Waals surface area contributed by atoms with E-state index in [-0.39, 0.29) is 0 Å². The van der Waals surface area contributed by atoms with E-state index in [4.69, 9.17) is 0 Å². The fraction of sp³-hybridized carbons (Fsp3) is 0.429. The Kier molecular flexibility index (Phi) is 2.46. The van der Waals surface area contributed by atoms with Gasteiger partial charge in [-0.1, -0.05) is 0 Å². The lowest BCUT2D eigenvalue weighted by atomic mass is 10.2. The summed E-state index contributed by atoms with van der Waals surface area (Å²) in [6, 6.07) is 5.80. The van der Waals surface area contributed by atoms with Crippen LogP contribution < -0.4 is 4.90 Å². The quantitative estimate of drug-likeness (QED) is 0.822. The zero-order valence-electron chi connectivity index (χ0n) is 11.0. The van der Waals surface area contributed by atoms with Crippen LogP contribution >= 0.6 is 0 Å². The molecule has 20 heavy (non-hydrogen) atoms. The molecule has 3 heterocycles. The highest BCUT2D eigenvalue weighted by Gasteiger charge is 2.32. The molecule has 0 radical (unpaired) electrons. The summed E-state index contributed by atoms with van der Waals surface area (Å²) in [6.45, 7) is 2.39. The van der Waals surface area contributed by atoms with Gasteiger partial charge in [0.25, 0.3) is 0 Å². The first-order valence-corrected chi connectivity index (χ1v) is 6.89. The zero-order chi connectivity index (χ0) is 13.5. The van der Waals surface area contributed by atoms with E-state index in [1.165, 1.54) is 12.8 Å². The van der Waals surface area contributed by atoms with Gasteiger partial charge in [0.2, 0.25) is 0 Å². The molecule has 0 atom stereocenters. The predicted molar refractivity (Wildman–Crippen MR) is 72.0 cm³/mol. The van der Waals surface area contributed by atoms with E-state index in [9.17, 15) is 5.26 Å². The molecule has 6 nitrogen and oxygen atoms in total. The number of anilines is 1. The van der Waals surface area contributed by atoms with E-state index >= 15 is 0 Å². The van der Waals surface area contributed by atoms with E-state index in [0.717, 1.165) is 30.6 Å². The molecule has 0 saturated heterocycles. The number of nitriles is 1. The monoisotopic (exact) mass is 266 g/mol. The second kappa shape index (κ2) is 4.30. The summed E-state index contributed by atoms with van der Waals surface area (Å²) in [6.07, 6.45) is 4.20. The van der Waals surface area contributed by atoms with E-state index in [0.29, 0.717) is 18.0 Å². The van der Waals surface area contributed by atoms with Gasteiger partial charge in [-0.05, 0) is 25.0 Å². The average molecular weight is 266 g/mol. The third kappa shape index (κ3) is 1.74. The zero-order valence-corrected chi connectivity index (χ0v) is 11.0. The third-order valence-electron chi connectivity index (χ3n) is 3.93. The molecule has 4 rings (SSSR count). The van der Waals surface area contributed by atoms with Crippen LogP contribution in [0.2, 0.25) is 0 Å². The first-order chi connectivity index (χ1) is 9.86. The van der Waals surface area contributed by atoms with Gasteiger partial charge in [0, 0.05) is 25.2 Å². The molecule has 2 aromatic rings. The number of aromatic nitrogens is 4. The molecule has 1 fully saturated rings. The number of rotatable bonds is 2. The van der Waals surface area contributed by atoms with Crippen molar-refractivity contribution < 1.29 is 0 Å². The Morgan fingerprint density at radius 3 is 2.95 bits per heavy atom. The lowest BCUT2D eigenvalue weighted by molar-refractivity contribution is 0.540. The summed E-state index contributed by atoms with van der Waals surface area (Å²) in [7, 11) is 0. The highest BCUT2D eigenvalue weighted by molar-refractivity contribution is 5.53. The molecule has 0 unspecified atom stereocenters. The molecule has 6 heteroatoms. The molecule has 1 saturated carbocycles. The van der Waals surface area contributed by atoms with Gasteiger partial charge >= 0.3 is 0 Å². The van der Waals surface area contributed by atoms with Gasteiger partial charge in [-0.15, -0.1) is 10.2 Å². The van der Waals surface area contributed by atoms with Crippen LogP contribution in [0.15, 0.2) is 18.3 Å². The maximum atomic E-state index is 9.18. The summed E-state index contributed by atoms with van der Waals surface area (Å²) in [5.41, 5.74) is 0.614. The Morgan fingerprint density at radius 1 is 1.25 bits per heavy atom. The Morgan fingerprint density at radius 2 is 2.15 bits per heavy atom. The van der Waals surface area contributed by atoms with Crippen LogP contribution in [0, 0.1) is 11.3 Å². The lowest BCUT2D eigenvalue weighted by Gasteiger charge is -2.29. The van der Waals surface area contributed by atoms with Gasteiger partial charge in [0.15, 0.2) is 5.82 Å². The van der Waals surface area contributed by atoms with Gasteiger partial charge in [0.1, 0.15) is 17.7 Å². The van der Waals surface area contributed by atoms with Crippen LogP contribution in [-0.4, -0.2) is 26.3 Å². The van der Waals surface area contributed by atoms with Gasteiger partial charge in [-0.25, -0.2) is 4.98 Å². The minimum atomic E-state index is 0.614. The minimum Gasteiger partial charge on any atom is -0.346 e. The normalized spacial score (nSPS) is 17.6. The Hall–Kier alpha value is -2.42. The second-order valence-electron chi connectivity index (χ2n) is 5.31. The van der Waals surface area contributed by atoms with Gasteiger partial charge < -0.3 is 9.47 Å². The molecule has 2 aliphatic rings. The van der Waals surface area contributed by atoms with Crippen LogP contribution in [0.25, 0.3) is 0 Å². The van der Waals surface area contributed by atoms with Crippen molar-refractivity contribution in [1.29, 1.82) is 5.26 Å². The second-order valence-corrected chi connectivity index (χ2v) is 5.31. The molecular formula is C14H14N6. The van der Waals surface area contributed by atoms with Crippen LogP contribution in [-0.2, 0) is 13.1 Å². The van der Waals surface area contributed by atoms with E-state index in [1.54, 1.807) is 18.3 Å². The average Bonchev–Trinajstić information content (AvgIpc) is 3.26. The standard InChI is InChI=1S/C14H14N6/c15-8-11-2-1-5-16-13(11)19-6-7-20-12(9-19)17-18-14(20)10-3-4-10/h1-2,5,10H,3-4,6-7,9H2. The SMILES string of the molecule is N#Cc1cccnc1N1CCn2c(nnc2C2CC2)C1. The summed E-state index contributed by atoms with van der Waals surface area (Å²) >= 11 is 0. The molecule has 0 spiro atoms. The van der Waals surface area contributed by atoms with Crippen LogP contribution in [0.5, 0.6) is 0 Å². The van der Waals surface area contributed by atoms with E-state index < -0.39 is 0 Å². The summed E-state index contributed by atoms with van der Waals surface area (Å²) in [5.74, 6) is 3.48. The molecule has 2 aromatic heterocycles. The lowest BCUT2D eigenvalue weighted by Crippen LogP contribution is -2.35. The Balaban J connectivity index is 1.65. The van der Waals surface area contributed by atoms with Crippen LogP contribution in [0.3, 0.4) is 0 Å². The fourth-order valence-electron chi connectivity index (χ4n) is 2.74. The summed E-state index contributed by atoms with van der Waals surface area (Å²) in [5, 5.41) is 17.8. The van der Waals surface area contributed by atoms with Crippen molar-refractivity contribution in [2.24, 2.45) is 0 Å². The van der Waals surface area contributed by atoms with Gasteiger partial charge in [-0.3, -0.25) is 0 Å². The van der Waals surface area contributed by atoms with Crippen molar-refractivity contribution in [3.63, 3.8) is 0 Å². The Bertz CT molecular complexity index is 694. The van der Waals surface area contributed by atoms with E-state index in [2.05, 4.69) is 30.7 Å². The maximum absolute atomic E-state index is 9.18. The first kappa shape index (κ1) is 11.4. The Labute approximate surface area is 116 Å². The molecule has 0 aromatic carbocycles. The van der Waals surface area contributed by atoms with Crippen molar-refractivity contribution in [3.8, 4) is 6.07 Å². The third-order valence-corrected chi connectivity index (χ3v) is 3.93. The smallest absolute Gasteiger partial charge is 0.152 e. The van der Waals surface area contributed by atoms with Crippen LogP contribution in [0.4, 0.5) is 5.82 Å². The predicted octanol–water partition coefficient (Wildman–Crippen LogP) is 1.44. The minimum absolute atomic E-state index is 0.614. The van der Waals surface area contributed by atoms with Crippen molar-refractivity contribution in [2.45, 2.75) is 31.8 Å². The molecule has 0 N–H and O–H groups in total. The topological polar surface area (TPSA) is 70.6 Å². The van der Waals surface area contributed by atoms with Crippen molar-refractivity contribution in [1.82, 2.24) is 19.7 Å². The number of pyridine rings is 1. The van der Waals surface area contributed by atoms with Gasteiger partial charge in [-0.2, -0.15) is 5.26 Å². The number of fused-ring (bicyclic) bond motifs is 1. The van der Waals surface area contributed by atoms with E-state index in [1.807, 2.05) is 0 Å². The van der Waals surface area contributed by atoms with Crippen LogP contribution in [0.1, 0.15) is 36.0 Å². The maximum Gasteiger partial charge on any atom is 0.152 e. The molecule has 0 amide bonds. The molecule has 100 valence electrons. The molecule has 0 bridgehead atoms. The van der Waals surface area contributed by atoms with Gasteiger partial charge in [0.05, 0.1) is 12.1 Å². The molecular weight excluding hydrogens is 252 g/mol. The molecule has 1 aliphatic carbocycles. The summed E-state index contributed by atoms with van der Waals surface area (Å²) < 4.78 is 2.24. The highest BCUT2D eigenvalue weighted by atomic mass is 15.4. The summed E-state index contributed by atoms with van der Waals surface area (Å²) in [4.78, 5) is 6.46. The molecule has 1 aliphatic heterocycles. The number of nitrogens with zero attached hydrogens (tertiary/aromatic N) is 6. The number of hydrogen-bond donors (Lipinski definition) is 0. The first-order valence-electron chi connectivity index (χ1n) is 6.89. The fourth-order valence-corrected chi connectivity index (χ4v) is 2.74. The highest BCUT2D eigenvalue weighted by Crippen LogP contribution is 2.39. The van der Waals surface area contributed by atoms with Crippen molar-refractivity contribution in [2.75, 3.05) is 11.4 Å².